The summed E-state index contributed by atoms with van der Waals surface area (Å²) in [7, 11) is 2.04. The maximum Gasteiger partial charge on any atom is 0.0583 e. The Bertz CT molecular complexity index is 284. The molecule has 84 valence electrons. The zero-order valence-corrected chi connectivity index (χ0v) is 9.48. The maximum absolute atomic E-state index is 8.81. The first-order valence-corrected chi connectivity index (χ1v) is 5.27. The van der Waals surface area contributed by atoms with Gasteiger partial charge in [0.05, 0.1) is 6.61 Å². The quantitative estimate of drug-likeness (QED) is 0.763. The van der Waals surface area contributed by atoms with E-state index in [1.807, 2.05) is 7.05 Å². The van der Waals surface area contributed by atoms with E-state index < -0.39 is 0 Å². The van der Waals surface area contributed by atoms with E-state index in [0.29, 0.717) is 0 Å². The molecule has 0 aliphatic rings. The topological polar surface area (TPSA) is 49.5 Å². The molecule has 0 aromatic heterocycles. The van der Waals surface area contributed by atoms with Gasteiger partial charge in [-0.1, -0.05) is 17.7 Å². The Morgan fingerprint density at radius 1 is 1.33 bits per heavy atom. The van der Waals surface area contributed by atoms with Crippen LogP contribution in [0.5, 0.6) is 0 Å². The monoisotopic (exact) mass is 208 g/mol. The molecule has 0 aliphatic carbocycles. The van der Waals surface area contributed by atoms with Crippen molar-refractivity contribution in [3.8, 4) is 0 Å². The van der Waals surface area contributed by atoms with Crippen LogP contribution in [0.1, 0.15) is 12.0 Å². The lowest BCUT2D eigenvalue weighted by Gasteiger charge is -2.20. The normalized spacial score (nSPS) is 12.5. The molecule has 0 bridgehead atoms. The van der Waals surface area contributed by atoms with Crippen LogP contribution >= 0.6 is 0 Å². The molecule has 1 atom stereocenters. The third kappa shape index (κ3) is 3.90. The summed E-state index contributed by atoms with van der Waals surface area (Å²) in [6, 6.07) is 8.27. The van der Waals surface area contributed by atoms with E-state index in [4.69, 9.17) is 10.8 Å². The van der Waals surface area contributed by atoms with E-state index in [1.165, 1.54) is 11.3 Å². The van der Waals surface area contributed by atoms with Gasteiger partial charge in [0.2, 0.25) is 0 Å². The standard InChI is InChI=1S/C12H20N2O/c1-10-3-5-12(6-4-10)14(2)8-7-11(13)9-15/h3-6,11,15H,7-9,13H2,1-2H3. The van der Waals surface area contributed by atoms with Gasteiger partial charge in [0.1, 0.15) is 0 Å². The number of aryl methyl sites for hydroxylation is 1. The lowest BCUT2D eigenvalue weighted by atomic mass is 10.2. The molecule has 0 fully saturated rings. The van der Waals surface area contributed by atoms with Crippen molar-refractivity contribution in [1.29, 1.82) is 0 Å². The van der Waals surface area contributed by atoms with Gasteiger partial charge in [-0.25, -0.2) is 0 Å². The summed E-state index contributed by atoms with van der Waals surface area (Å²) in [5, 5.41) is 8.81. The highest BCUT2D eigenvalue weighted by Crippen LogP contribution is 2.13. The van der Waals surface area contributed by atoms with Crippen LogP contribution in [0, 0.1) is 6.92 Å². The van der Waals surface area contributed by atoms with Crippen molar-refractivity contribution in [2.75, 3.05) is 25.1 Å². The van der Waals surface area contributed by atoms with Crippen LogP contribution < -0.4 is 10.6 Å². The summed E-state index contributed by atoms with van der Waals surface area (Å²) in [6.45, 7) is 3.00. The van der Waals surface area contributed by atoms with Crippen LogP contribution in [0.4, 0.5) is 5.69 Å². The predicted octanol–water partition coefficient (Wildman–Crippen LogP) is 1.14. The van der Waals surface area contributed by atoms with Gasteiger partial charge in [-0.15, -0.1) is 0 Å². The van der Waals surface area contributed by atoms with Crippen molar-refractivity contribution in [1.82, 2.24) is 0 Å². The summed E-state index contributed by atoms with van der Waals surface area (Å²) >= 11 is 0. The fourth-order valence-corrected chi connectivity index (χ4v) is 1.38. The number of rotatable bonds is 5. The number of anilines is 1. The number of nitrogens with zero attached hydrogens (tertiary/aromatic N) is 1. The highest BCUT2D eigenvalue weighted by molar-refractivity contribution is 5.46. The van der Waals surface area contributed by atoms with E-state index >= 15 is 0 Å². The van der Waals surface area contributed by atoms with Gasteiger partial charge in [0, 0.05) is 25.3 Å². The predicted molar refractivity (Wildman–Crippen MR) is 64.1 cm³/mol. The van der Waals surface area contributed by atoms with E-state index in [9.17, 15) is 0 Å². The van der Waals surface area contributed by atoms with E-state index in [-0.39, 0.29) is 12.6 Å². The van der Waals surface area contributed by atoms with E-state index in [1.54, 1.807) is 0 Å². The van der Waals surface area contributed by atoms with Gasteiger partial charge in [0.15, 0.2) is 0 Å². The number of benzene rings is 1. The van der Waals surface area contributed by atoms with Gasteiger partial charge >= 0.3 is 0 Å². The van der Waals surface area contributed by atoms with Crippen LogP contribution in [-0.4, -0.2) is 31.3 Å². The molecule has 0 amide bonds. The zero-order valence-electron chi connectivity index (χ0n) is 9.48. The van der Waals surface area contributed by atoms with E-state index in [2.05, 4.69) is 36.1 Å². The molecule has 3 nitrogen and oxygen atoms in total. The van der Waals surface area contributed by atoms with Crippen molar-refractivity contribution in [3.63, 3.8) is 0 Å². The fraction of sp³-hybridized carbons (Fsp3) is 0.500. The first-order chi connectivity index (χ1) is 7.13. The summed E-state index contributed by atoms with van der Waals surface area (Å²) < 4.78 is 0. The Hall–Kier alpha value is -1.06. The van der Waals surface area contributed by atoms with Crippen LogP contribution in [-0.2, 0) is 0 Å². The van der Waals surface area contributed by atoms with Gasteiger partial charge in [0.25, 0.3) is 0 Å². The minimum Gasteiger partial charge on any atom is -0.395 e. The average Bonchev–Trinajstić information content (AvgIpc) is 2.26. The minimum absolute atomic E-state index is 0.0573. The molecular weight excluding hydrogens is 188 g/mol. The SMILES string of the molecule is Cc1ccc(N(C)CCC(N)CO)cc1. The Morgan fingerprint density at radius 3 is 2.47 bits per heavy atom. The van der Waals surface area contributed by atoms with Gasteiger partial charge in [-0.3, -0.25) is 0 Å². The van der Waals surface area contributed by atoms with Gasteiger partial charge < -0.3 is 15.7 Å². The summed E-state index contributed by atoms with van der Waals surface area (Å²) in [6.07, 6.45) is 0.806. The Kier molecular flexibility index (Phi) is 4.59. The summed E-state index contributed by atoms with van der Waals surface area (Å²) in [5.74, 6) is 0. The highest BCUT2D eigenvalue weighted by Gasteiger charge is 2.04. The van der Waals surface area contributed by atoms with Crippen molar-refractivity contribution >= 4 is 5.69 Å². The number of aliphatic hydroxyl groups is 1. The third-order valence-electron chi connectivity index (χ3n) is 2.54. The van der Waals surface area contributed by atoms with Crippen LogP contribution in [0.2, 0.25) is 0 Å². The van der Waals surface area contributed by atoms with Crippen molar-refractivity contribution in [2.45, 2.75) is 19.4 Å². The second kappa shape index (κ2) is 5.73. The molecular formula is C12H20N2O. The second-order valence-corrected chi connectivity index (χ2v) is 3.99. The molecule has 1 rings (SSSR count). The Balaban J connectivity index is 2.46. The lowest BCUT2D eigenvalue weighted by Crippen LogP contribution is -2.30. The maximum atomic E-state index is 8.81. The van der Waals surface area contributed by atoms with Gasteiger partial charge in [-0.05, 0) is 25.5 Å². The lowest BCUT2D eigenvalue weighted by molar-refractivity contribution is 0.261. The van der Waals surface area contributed by atoms with E-state index in [0.717, 1.165) is 13.0 Å². The number of hydrogen-bond acceptors (Lipinski definition) is 3. The van der Waals surface area contributed by atoms with Crippen molar-refractivity contribution in [2.24, 2.45) is 5.73 Å². The number of nitrogens with two attached hydrogens (primary N) is 1. The second-order valence-electron chi connectivity index (χ2n) is 3.99. The molecule has 0 radical (unpaired) electrons. The summed E-state index contributed by atoms with van der Waals surface area (Å²) in [4.78, 5) is 2.15. The molecule has 1 unspecified atom stereocenters. The first kappa shape index (κ1) is 12.0. The largest absolute Gasteiger partial charge is 0.395 e. The van der Waals surface area contributed by atoms with Crippen molar-refractivity contribution < 1.29 is 5.11 Å². The smallest absolute Gasteiger partial charge is 0.0583 e. The third-order valence-corrected chi connectivity index (χ3v) is 2.54. The highest BCUT2D eigenvalue weighted by atomic mass is 16.3. The molecule has 0 spiro atoms. The molecule has 0 saturated heterocycles. The fourth-order valence-electron chi connectivity index (χ4n) is 1.38. The van der Waals surface area contributed by atoms with Crippen LogP contribution in [0.3, 0.4) is 0 Å². The summed E-state index contributed by atoms with van der Waals surface area (Å²) in [5.41, 5.74) is 8.10. The Labute approximate surface area is 91.5 Å². The van der Waals surface area contributed by atoms with Crippen LogP contribution in [0.15, 0.2) is 24.3 Å². The van der Waals surface area contributed by atoms with Gasteiger partial charge in [-0.2, -0.15) is 0 Å². The zero-order chi connectivity index (χ0) is 11.3. The first-order valence-electron chi connectivity index (χ1n) is 5.27. The molecule has 0 saturated carbocycles. The number of hydrogen-bond donors (Lipinski definition) is 2. The Morgan fingerprint density at radius 2 is 1.93 bits per heavy atom. The molecule has 3 heteroatoms. The molecule has 0 aliphatic heterocycles. The molecule has 1 aromatic rings. The minimum atomic E-state index is -0.113. The number of aliphatic hydroxyl groups excluding tert-OH is 1. The average molecular weight is 208 g/mol. The molecule has 0 heterocycles. The molecule has 1 aromatic carbocycles. The molecule has 3 N–H and O–H groups in total. The molecule has 15 heavy (non-hydrogen) atoms. The van der Waals surface area contributed by atoms with Crippen LogP contribution in [0.25, 0.3) is 0 Å². The van der Waals surface area contributed by atoms with Crippen molar-refractivity contribution in [3.05, 3.63) is 29.8 Å².